The summed E-state index contributed by atoms with van der Waals surface area (Å²) in [6.45, 7) is 0.454. The van der Waals surface area contributed by atoms with Crippen LogP contribution in [0.1, 0.15) is 4.88 Å². The molecule has 0 aliphatic rings. The van der Waals surface area contributed by atoms with Crippen LogP contribution in [0.2, 0.25) is 9.49 Å². The van der Waals surface area contributed by atoms with Gasteiger partial charge < -0.3 is 4.74 Å². The number of hydrogen-bond donors (Lipinski definition) is 0. The minimum absolute atomic E-state index is 0.454. The fourth-order valence-electron chi connectivity index (χ4n) is 1.86. The lowest BCUT2D eigenvalue weighted by Gasteiger charge is -2.09. The Morgan fingerprint density at radius 3 is 2.58 bits per heavy atom. The molecule has 0 saturated carbocycles. The summed E-state index contributed by atoms with van der Waals surface area (Å²) in [5, 5.41) is 2.72. The van der Waals surface area contributed by atoms with Gasteiger partial charge in [-0.1, -0.05) is 47.5 Å². The Bertz CT molecular complexity index is 726. The van der Waals surface area contributed by atoms with Crippen LogP contribution in [0.5, 0.6) is 5.75 Å². The van der Waals surface area contributed by atoms with Crippen molar-refractivity contribution in [1.82, 2.24) is 4.98 Å². The number of aromatic nitrogens is 1. The predicted octanol–water partition coefficient (Wildman–Crippen LogP) is 5.18. The van der Waals surface area contributed by atoms with Gasteiger partial charge in [0.25, 0.3) is 0 Å². The molecule has 1 aromatic heterocycles. The van der Waals surface area contributed by atoms with Crippen molar-refractivity contribution in [3.05, 3.63) is 57.0 Å². The van der Waals surface area contributed by atoms with Crippen LogP contribution in [0.15, 0.2) is 42.6 Å². The Morgan fingerprint density at radius 1 is 1.05 bits per heavy atom. The molecule has 3 rings (SSSR count). The summed E-state index contributed by atoms with van der Waals surface area (Å²) in [7, 11) is 0. The molecule has 0 N–H and O–H groups in total. The van der Waals surface area contributed by atoms with Crippen molar-refractivity contribution in [3.8, 4) is 5.75 Å². The van der Waals surface area contributed by atoms with Crippen LogP contribution in [0.25, 0.3) is 10.8 Å². The number of thiazole rings is 1. The van der Waals surface area contributed by atoms with Gasteiger partial charge >= 0.3 is 0 Å². The van der Waals surface area contributed by atoms with Crippen molar-refractivity contribution < 1.29 is 4.74 Å². The Morgan fingerprint density at radius 2 is 1.84 bits per heavy atom. The van der Waals surface area contributed by atoms with Gasteiger partial charge in [-0.3, -0.25) is 0 Å². The Labute approximate surface area is 124 Å². The van der Waals surface area contributed by atoms with E-state index in [9.17, 15) is 0 Å². The predicted molar refractivity (Wildman–Crippen MR) is 80.4 cm³/mol. The molecule has 1 heterocycles. The lowest BCUT2D eigenvalue weighted by Crippen LogP contribution is -1.93. The van der Waals surface area contributed by atoms with Gasteiger partial charge in [0.15, 0.2) is 4.47 Å². The van der Waals surface area contributed by atoms with Gasteiger partial charge in [0.1, 0.15) is 12.4 Å². The first-order chi connectivity index (χ1) is 9.24. The average Bonchev–Trinajstić information content (AvgIpc) is 2.84. The van der Waals surface area contributed by atoms with Crippen LogP contribution < -0.4 is 4.74 Å². The first-order valence-electron chi connectivity index (χ1n) is 5.64. The Balaban J connectivity index is 1.91. The van der Waals surface area contributed by atoms with Gasteiger partial charge in [0.2, 0.25) is 0 Å². The van der Waals surface area contributed by atoms with E-state index in [0.29, 0.717) is 11.1 Å². The fraction of sp³-hybridized carbons (Fsp3) is 0.0714. The van der Waals surface area contributed by atoms with Crippen molar-refractivity contribution in [3.63, 3.8) is 0 Å². The Hall–Kier alpha value is -1.29. The first-order valence-corrected chi connectivity index (χ1v) is 7.21. The summed E-state index contributed by atoms with van der Waals surface area (Å²) >= 11 is 13.4. The number of nitrogens with zero attached hydrogens (tertiary/aromatic N) is 1. The molecule has 2 aromatic carbocycles. The van der Waals surface area contributed by atoms with Gasteiger partial charge in [-0.05, 0) is 12.1 Å². The van der Waals surface area contributed by atoms with E-state index in [2.05, 4.69) is 4.98 Å². The quantitative estimate of drug-likeness (QED) is 0.665. The highest BCUT2D eigenvalue weighted by molar-refractivity contribution is 7.15. The van der Waals surface area contributed by atoms with Gasteiger partial charge in [-0.15, -0.1) is 11.3 Å². The van der Waals surface area contributed by atoms with Crippen LogP contribution >= 0.6 is 34.5 Å². The van der Waals surface area contributed by atoms with Crippen molar-refractivity contribution in [1.29, 1.82) is 0 Å². The molecule has 0 amide bonds. The third-order valence-electron chi connectivity index (χ3n) is 2.73. The third kappa shape index (κ3) is 2.68. The van der Waals surface area contributed by atoms with E-state index >= 15 is 0 Å². The van der Waals surface area contributed by atoms with E-state index in [0.717, 1.165) is 26.4 Å². The summed E-state index contributed by atoms with van der Waals surface area (Å²) in [5.41, 5.74) is 0. The fourth-order valence-corrected chi connectivity index (χ4v) is 2.98. The second-order valence-corrected chi connectivity index (χ2v) is 6.06. The smallest absolute Gasteiger partial charge is 0.183 e. The largest absolute Gasteiger partial charge is 0.487 e. The topological polar surface area (TPSA) is 22.1 Å². The lowest BCUT2D eigenvalue weighted by atomic mass is 10.1. The second-order valence-electron chi connectivity index (χ2n) is 3.96. The summed E-state index contributed by atoms with van der Waals surface area (Å²) in [6.07, 6.45) is 1.73. The highest BCUT2D eigenvalue weighted by Gasteiger charge is 2.06. The van der Waals surface area contributed by atoms with Crippen LogP contribution in [0.3, 0.4) is 0 Å². The molecule has 19 heavy (non-hydrogen) atoms. The summed E-state index contributed by atoms with van der Waals surface area (Å²) in [6, 6.07) is 11.6. The molecule has 3 aromatic rings. The molecular weight excluding hydrogens is 301 g/mol. The number of halogens is 2. The summed E-state index contributed by atoms with van der Waals surface area (Å²) in [5.74, 6) is 0.810. The van der Waals surface area contributed by atoms with Crippen LogP contribution in [-0.2, 0) is 6.61 Å². The molecule has 0 saturated heterocycles. The molecule has 2 nitrogen and oxygen atoms in total. The summed E-state index contributed by atoms with van der Waals surface area (Å²) < 4.78 is 6.35. The van der Waals surface area contributed by atoms with E-state index in [4.69, 9.17) is 27.9 Å². The molecule has 5 heteroatoms. The van der Waals surface area contributed by atoms with Gasteiger partial charge in [-0.2, -0.15) is 0 Å². The number of benzene rings is 2. The minimum Gasteiger partial charge on any atom is -0.487 e. The van der Waals surface area contributed by atoms with Gasteiger partial charge in [0, 0.05) is 22.0 Å². The minimum atomic E-state index is 0.454. The zero-order valence-electron chi connectivity index (χ0n) is 9.77. The second kappa shape index (κ2) is 5.37. The normalized spacial score (nSPS) is 10.8. The maximum absolute atomic E-state index is 6.17. The number of hydrogen-bond acceptors (Lipinski definition) is 3. The maximum Gasteiger partial charge on any atom is 0.183 e. The van der Waals surface area contributed by atoms with Crippen molar-refractivity contribution in [2.45, 2.75) is 6.61 Å². The van der Waals surface area contributed by atoms with E-state index < -0.39 is 0 Å². The number of ether oxygens (including phenoxy) is 1. The van der Waals surface area contributed by atoms with Gasteiger partial charge in [-0.25, -0.2) is 4.98 Å². The maximum atomic E-state index is 6.17. The van der Waals surface area contributed by atoms with Crippen molar-refractivity contribution in [2.75, 3.05) is 0 Å². The van der Waals surface area contributed by atoms with Crippen LogP contribution in [0.4, 0.5) is 0 Å². The number of rotatable bonds is 3. The third-order valence-corrected chi connectivity index (χ3v) is 4.14. The molecule has 0 aliphatic carbocycles. The van der Waals surface area contributed by atoms with E-state index in [1.54, 1.807) is 6.20 Å². The molecular formula is C14H9Cl2NOS. The monoisotopic (exact) mass is 309 g/mol. The van der Waals surface area contributed by atoms with E-state index in [1.165, 1.54) is 11.3 Å². The van der Waals surface area contributed by atoms with Crippen molar-refractivity contribution in [2.24, 2.45) is 0 Å². The molecule has 0 unspecified atom stereocenters. The molecule has 0 atom stereocenters. The molecule has 0 spiro atoms. The SMILES string of the molecule is Clc1ncc(COc2ccc(Cl)c3ccccc23)s1. The molecule has 0 radical (unpaired) electrons. The Kier molecular flexibility index (Phi) is 3.60. The molecule has 0 aliphatic heterocycles. The highest BCUT2D eigenvalue weighted by atomic mass is 35.5. The zero-order chi connectivity index (χ0) is 13.2. The highest BCUT2D eigenvalue weighted by Crippen LogP contribution is 2.32. The summed E-state index contributed by atoms with van der Waals surface area (Å²) in [4.78, 5) is 4.98. The first kappa shape index (κ1) is 12.7. The molecule has 0 fully saturated rings. The van der Waals surface area contributed by atoms with Crippen molar-refractivity contribution >= 4 is 45.3 Å². The zero-order valence-corrected chi connectivity index (χ0v) is 12.1. The van der Waals surface area contributed by atoms with Crippen LogP contribution in [-0.4, -0.2) is 4.98 Å². The van der Waals surface area contributed by atoms with E-state index in [1.807, 2.05) is 36.4 Å². The molecule has 0 bridgehead atoms. The number of fused-ring (bicyclic) bond motifs is 1. The van der Waals surface area contributed by atoms with E-state index in [-0.39, 0.29) is 0 Å². The standard InChI is InChI=1S/C14H9Cl2NOS/c15-12-5-6-13(11-4-2-1-3-10(11)12)18-8-9-7-17-14(16)19-9/h1-7H,8H2. The molecule has 96 valence electrons. The average molecular weight is 310 g/mol. The lowest BCUT2D eigenvalue weighted by molar-refractivity contribution is 0.313. The van der Waals surface area contributed by atoms with Crippen LogP contribution in [0, 0.1) is 0 Å². The van der Waals surface area contributed by atoms with Gasteiger partial charge in [0.05, 0.1) is 4.88 Å².